The number of nitrogens with two attached hydrogens (primary N) is 1. The van der Waals surface area contributed by atoms with Crippen LogP contribution in [0.3, 0.4) is 0 Å². The number of nitrogens with one attached hydrogen (secondary N) is 1. The molecule has 1 amide bonds. The quantitative estimate of drug-likeness (QED) is 0.875. The fourth-order valence-electron chi connectivity index (χ4n) is 2.45. The average molecular weight is 264 g/mol. The molecule has 1 aliphatic rings. The van der Waals surface area contributed by atoms with Crippen molar-refractivity contribution in [3.63, 3.8) is 0 Å². The van der Waals surface area contributed by atoms with Crippen molar-refractivity contribution in [1.82, 2.24) is 0 Å². The predicted molar refractivity (Wildman–Crippen MR) is 73.3 cm³/mol. The van der Waals surface area contributed by atoms with Crippen LogP contribution in [0, 0.1) is 5.92 Å². The molecule has 1 aliphatic carbocycles. The second-order valence-corrected chi connectivity index (χ2v) is 4.70. The minimum absolute atomic E-state index is 0.0697. The minimum atomic E-state index is -0.449. The summed E-state index contributed by atoms with van der Waals surface area (Å²) in [5.74, 6) is 0.893. The average Bonchev–Trinajstić information content (AvgIpc) is 2.86. The van der Waals surface area contributed by atoms with Crippen LogP contribution >= 0.6 is 0 Å². The van der Waals surface area contributed by atoms with Gasteiger partial charge in [-0.1, -0.05) is 12.1 Å². The number of ether oxygens (including phenoxy) is 2. The summed E-state index contributed by atoms with van der Waals surface area (Å²) in [6, 6.07) is 7.23. The Kier molecular flexibility index (Phi) is 4.63. The number of anilines is 1. The van der Waals surface area contributed by atoms with Gasteiger partial charge in [0.25, 0.3) is 0 Å². The number of hydrogen-bond acceptors (Lipinski definition) is 4. The van der Waals surface area contributed by atoms with Crippen LogP contribution in [0.15, 0.2) is 24.3 Å². The number of carbonyl (C=O) groups is 1. The first-order valence-corrected chi connectivity index (χ1v) is 6.55. The zero-order valence-electron chi connectivity index (χ0n) is 11.1. The van der Waals surface area contributed by atoms with Crippen LogP contribution in [-0.2, 0) is 4.74 Å². The number of hydrogen-bond donors (Lipinski definition) is 2. The van der Waals surface area contributed by atoms with Gasteiger partial charge in [0.05, 0.1) is 12.8 Å². The van der Waals surface area contributed by atoms with Gasteiger partial charge in [0.15, 0.2) is 0 Å². The summed E-state index contributed by atoms with van der Waals surface area (Å²) in [5, 5.41) is 2.71. The molecular weight excluding hydrogens is 244 g/mol. The molecule has 3 N–H and O–H groups in total. The monoisotopic (exact) mass is 264 g/mol. The highest BCUT2D eigenvalue weighted by molar-refractivity contribution is 5.86. The zero-order chi connectivity index (χ0) is 13.7. The maximum Gasteiger partial charge on any atom is 0.412 e. The number of rotatable bonds is 4. The summed E-state index contributed by atoms with van der Waals surface area (Å²) in [6.07, 6.45) is 2.47. The molecule has 1 fully saturated rings. The van der Waals surface area contributed by atoms with E-state index < -0.39 is 6.09 Å². The third-order valence-corrected chi connectivity index (χ3v) is 3.49. The van der Waals surface area contributed by atoms with E-state index in [0.717, 1.165) is 19.3 Å². The maximum atomic E-state index is 11.9. The van der Waals surface area contributed by atoms with Gasteiger partial charge >= 0.3 is 6.09 Å². The standard InChI is InChI=1S/C14H20N2O3/c1-18-13-7-3-2-6-11(13)16-14(17)19-12-8-4-5-10(12)9-15/h2-3,6-7,10,12H,4-5,8-9,15H2,1H3,(H,16,17). The third kappa shape index (κ3) is 3.38. The molecule has 1 saturated carbocycles. The van der Waals surface area contributed by atoms with Crippen molar-refractivity contribution in [3.05, 3.63) is 24.3 Å². The van der Waals surface area contributed by atoms with Crippen LogP contribution in [-0.4, -0.2) is 25.9 Å². The van der Waals surface area contributed by atoms with Crippen molar-refractivity contribution in [1.29, 1.82) is 0 Å². The van der Waals surface area contributed by atoms with Gasteiger partial charge in [-0.15, -0.1) is 0 Å². The lowest BCUT2D eigenvalue weighted by Crippen LogP contribution is -2.29. The Morgan fingerprint density at radius 3 is 2.95 bits per heavy atom. The van der Waals surface area contributed by atoms with Crippen molar-refractivity contribution in [2.45, 2.75) is 25.4 Å². The Morgan fingerprint density at radius 2 is 2.21 bits per heavy atom. The van der Waals surface area contributed by atoms with E-state index in [1.807, 2.05) is 12.1 Å². The van der Waals surface area contributed by atoms with Crippen LogP contribution in [0.1, 0.15) is 19.3 Å². The van der Waals surface area contributed by atoms with Crippen LogP contribution in [0.2, 0.25) is 0 Å². The summed E-state index contributed by atoms with van der Waals surface area (Å²) in [5.41, 5.74) is 6.28. The lowest BCUT2D eigenvalue weighted by Gasteiger charge is -2.19. The SMILES string of the molecule is COc1ccccc1NC(=O)OC1CCCC1CN. The van der Waals surface area contributed by atoms with Crippen LogP contribution in [0.5, 0.6) is 5.75 Å². The van der Waals surface area contributed by atoms with Crippen molar-refractivity contribution >= 4 is 11.8 Å². The fourth-order valence-corrected chi connectivity index (χ4v) is 2.45. The smallest absolute Gasteiger partial charge is 0.412 e. The van der Waals surface area contributed by atoms with Crippen molar-refractivity contribution in [2.75, 3.05) is 19.0 Å². The second kappa shape index (κ2) is 6.43. The molecule has 0 aromatic heterocycles. The van der Waals surface area contributed by atoms with Gasteiger partial charge in [-0.05, 0) is 37.9 Å². The number of amides is 1. The molecule has 0 bridgehead atoms. The molecule has 0 aliphatic heterocycles. The van der Waals surface area contributed by atoms with E-state index in [4.69, 9.17) is 15.2 Å². The summed E-state index contributed by atoms with van der Waals surface area (Å²) in [4.78, 5) is 11.9. The van der Waals surface area contributed by atoms with Crippen LogP contribution in [0.4, 0.5) is 10.5 Å². The first-order valence-electron chi connectivity index (χ1n) is 6.55. The largest absolute Gasteiger partial charge is 0.495 e. The number of carbonyl (C=O) groups excluding carboxylic acids is 1. The number of benzene rings is 1. The maximum absolute atomic E-state index is 11.9. The zero-order valence-corrected chi connectivity index (χ0v) is 11.1. The Labute approximate surface area is 113 Å². The summed E-state index contributed by atoms with van der Waals surface area (Å²) >= 11 is 0. The Balaban J connectivity index is 1.94. The molecule has 2 unspecified atom stereocenters. The topological polar surface area (TPSA) is 73.6 Å². The highest BCUT2D eigenvalue weighted by Gasteiger charge is 2.29. The molecular formula is C14H20N2O3. The second-order valence-electron chi connectivity index (χ2n) is 4.70. The van der Waals surface area contributed by atoms with Gasteiger partial charge in [0.2, 0.25) is 0 Å². The highest BCUT2D eigenvalue weighted by Crippen LogP contribution is 2.28. The normalized spacial score (nSPS) is 22.0. The highest BCUT2D eigenvalue weighted by atomic mass is 16.6. The molecule has 0 saturated heterocycles. The van der Waals surface area contributed by atoms with Crippen molar-refractivity contribution < 1.29 is 14.3 Å². The molecule has 0 heterocycles. The molecule has 5 heteroatoms. The van der Waals surface area contributed by atoms with E-state index >= 15 is 0 Å². The molecule has 0 spiro atoms. The van der Waals surface area contributed by atoms with Crippen LogP contribution < -0.4 is 15.8 Å². The van der Waals surface area contributed by atoms with E-state index in [1.54, 1.807) is 19.2 Å². The Bertz CT molecular complexity index is 436. The molecule has 0 radical (unpaired) electrons. The van der Waals surface area contributed by atoms with Gasteiger partial charge in [-0.25, -0.2) is 4.79 Å². The van der Waals surface area contributed by atoms with E-state index in [-0.39, 0.29) is 12.0 Å². The Morgan fingerprint density at radius 1 is 1.42 bits per heavy atom. The van der Waals surface area contributed by atoms with E-state index in [0.29, 0.717) is 18.0 Å². The molecule has 2 atom stereocenters. The summed E-state index contributed by atoms with van der Waals surface area (Å²) in [6.45, 7) is 0.562. The van der Waals surface area contributed by atoms with Crippen molar-refractivity contribution in [3.8, 4) is 5.75 Å². The van der Waals surface area contributed by atoms with Crippen LogP contribution in [0.25, 0.3) is 0 Å². The number of para-hydroxylation sites is 2. The Hall–Kier alpha value is -1.75. The molecule has 19 heavy (non-hydrogen) atoms. The molecule has 1 aromatic rings. The first kappa shape index (κ1) is 13.7. The van der Waals surface area contributed by atoms with Gasteiger partial charge in [0, 0.05) is 5.92 Å². The van der Waals surface area contributed by atoms with Crippen molar-refractivity contribution in [2.24, 2.45) is 11.7 Å². The molecule has 104 valence electrons. The lowest BCUT2D eigenvalue weighted by atomic mass is 10.1. The lowest BCUT2D eigenvalue weighted by molar-refractivity contribution is 0.0892. The third-order valence-electron chi connectivity index (χ3n) is 3.49. The van der Waals surface area contributed by atoms with E-state index in [9.17, 15) is 4.79 Å². The minimum Gasteiger partial charge on any atom is -0.495 e. The number of methoxy groups -OCH3 is 1. The van der Waals surface area contributed by atoms with Gasteiger partial charge in [-0.2, -0.15) is 0 Å². The summed E-state index contributed by atoms with van der Waals surface area (Å²) in [7, 11) is 1.56. The molecule has 2 rings (SSSR count). The first-order chi connectivity index (χ1) is 9.24. The van der Waals surface area contributed by atoms with E-state index in [2.05, 4.69) is 5.32 Å². The van der Waals surface area contributed by atoms with Gasteiger partial charge < -0.3 is 15.2 Å². The summed E-state index contributed by atoms with van der Waals surface area (Å²) < 4.78 is 10.6. The molecule has 1 aromatic carbocycles. The molecule has 5 nitrogen and oxygen atoms in total. The van der Waals surface area contributed by atoms with E-state index in [1.165, 1.54) is 0 Å². The van der Waals surface area contributed by atoms with Gasteiger partial charge in [0.1, 0.15) is 11.9 Å². The van der Waals surface area contributed by atoms with Gasteiger partial charge in [-0.3, -0.25) is 5.32 Å². The fraction of sp³-hybridized carbons (Fsp3) is 0.500. The predicted octanol–water partition coefficient (Wildman–Crippen LogP) is 2.37.